The van der Waals surface area contributed by atoms with E-state index in [9.17, 15) is 23.1 Å². The Morgan fingerprint density at radius 1 is 1.47 bits per heavy atom. The number of rotatable bonds is 3. The average molecular weight is 247 g/mol. The van der Waals surface area contributed by atoms with Crippen LogP contribution in [0.3, 0.4) is 0 Å². The summed E-state index contributed by atoms with van der Waals surface area (Å²) in [6, 6.07) is 1.75. The van der Waals surface area contributed by atoms with Crippen molar-refractivity contribution in [1.82, 2.24) is 4.98 Å². The van der Waals surface area contributed by atoms with E-state index >= 15 is 0 Å². The van der Waals surface area contributed by atoms with Crippen molar-refractivity contribution < 1.29 is 28.2 Å². The molecule has 2 N–H and O–H groups in total. The summed E-state index contributed by atoms with van der Waals surface area (Å²) in [7, 11) is 0. The predicted molar refractivity (Wildman–Crippen MR) is 51.0 cm³/mol. The number of hydrogen-bond donors (Lipinski definition) is 2. The molecule has 0 fully saturated rings. The van der Waals surface area contributed by atoms with Crippen molar-refractivity contribution in [2.45, 2.75) is 12.3 Å². The molecule has 1 heterocycles. The molecule has 17 heavy (non-hydrogen) atoms. The molecule has 0 amide bonds. The summed E-state index contributed by atoms with van der Waals surface area (Å²) in [5.41, 5.74) is -2.73. The molecule has 0 saturated carbocycles. The van der Waals surface area contributed by atoms with E-state index < -0.39 is 35.1 Å². The molecular formula is C10H8F3NO3. The van der Waals surface area contributed by atoms with Crippen LogP contribution in [-0.2, 0) is 11.0 Å². The minimum absolute atomic E-state index is 0.709. The molecule has 0 saturated heterocycles. The first kappa shape index (κ1) is 13.2. The minimum atomic E-state index is -4.72. The summed E-state index contributed by atoms with van der Waals surface area (Å²) in [4.78, 5) is 13.9. The van der Waals surface area contributed by atoms with E-state index in [2.05, 4.69) is 11.6 Å². The monoisotopic (exact) mass is 247 g/mol. The first-order chi connectivity index (χ1) is 7.75. The Balaban J connectivity index is 3.23. The summed E-state index contributed by atoms with van der Waals surface area (Å²) in [6.45, 7) is 3.00. The van der Waals surface area contributed by atoms with Gasteiger partial charge in [-0.05, 0) is 12.1 Å². The molecule has 1 rings (SSSR count). The number of carboxylic acids is 1. The largest absolute Gasteiger partial charge is 0.478 e. The van der Waals surface area contributed by atoms with E-state index in [1.807, 2.05) is 0 Å². The molecule has 0 aliphatic carbocycles. The molecule has 92 valence electrons. The SMILES string of the molecule is C=C(C(=O)O)C(O)c1ncccc1C(F)(F)F. The van der Waals surface area contributed by atoms with Crippen LogP contribution in [0.15, 0.2) is 30.5 Å². The molecule has 1 unspecified atom stereocenters. The fraction of sp³-hybridized carbons (Fsp3) is 0.200. The Morgan fingerprint density at radius 2 is 2.06 bits per heavy atom. The smallest absolute Gasteiger partial charge is 0.418 e. The second-order valence-electron chi connectivity index (χ2n) is 3.17. The van der Waals surface area contributed by atoms with Gasteiger partial charge in [0, 0.05) is 6.20 Å². The van der Waals surface area contributed by atoms with Crippen LogP contribution in [0.1, 0.15) is 17.4 Å². The highest BCUT2D eigenvalue weighted by molar-refractivity contribution is 5.87. The topological polar surface area (TPSA) is 70.4 Å². The molecule has 4 nitrogen and oxygen atoms in total. The fourth-order valence-electron chi connectivity index (χ4n) is 1.16. The van der Waals surface area contributed by atoms with Crippen molar-refractivity contribution >= 4 is 5.97 Å². The molecule has 0 aliphatic heterocycles. The van der Waals surface area contributed by atoms with Gasteiger partial charge in [-0.25, -0.2) is 4.79 Å². The molecular weight excluding hydrogens is 239 g/mol. The zero-order valence-corrected chi connectivity index (χ0v) is 8.40. The highest BCUT2D eigenvalue weighted by atomic mass is 19.4. The third kappa shape index (κ3) is 2.82. The Labute approximate surface area is 94.0 Å². The zero-order valence-electron chi connectivity index (χ0n) is 8.40. The van der Waals surface area contributed by atoms with Gasteiger partial charge < -0.3 is 10.2 Å². The van der Waals surface area contributed by atoms with Gasteiger partial charge in [0.2, 0.25) is 0 Å². The lowest BCUT2D eigenvalue weighted by molar-refractivity contribution is -0.140. The normalized spacial score (nSPS) is 13.2. The van der Waals surface area contributed by atoms with Gasteiger partial charge in [-0.3, -0.25) is 4.98 Å². The Kier molecular flexibility index (Phi) is 3.52. The van der Waals surface area contributed by atoms with Crippen molar-refractivity contribution in [3.63, 3.8) is 0 Å². The molecule has 0 bridgehead atoms. The van der Waals surface area contributed by atoms with Crippen LogP contribution in [-0.4, -0.2) is 21.2 Å². The quantitative estimate of drug-likeness (QED) is 0.798. The average Bonchev–Trinajstić information content (AvgIpc) is 2.25. The van der Waals surface area contributed by atoms with Crippen LogP contribution in [0.25, 0.3) is 0 Å². The third-order valence-corrected chi connectivity index (χ3v) is 2.01. The highest BCUT2D eigenvalue weighted by Gasteiger charge is 2.36. The highest BCUT2D eigenvalue weighted by Crippen LogP contribution is 2.34. The van der Waals surface area contributed by atoms with Gasteiger partial charge in [0.1, 0.15) is 6.10 Å². The maximum Gasteiger partial charge on any atom is 0.418 e. The van der Waals surface area contributed by atoms with Crippen LogP contribution in [0.5, 0.6) is 0 Å². The van der Waals surface area contributed by atoms with Gasteiger partial charge in [0.05, 0.1) is 16.8 Å². The molecule has 0 spiro atoms. The number of hydrogen-bond acceptors (Lipinski definition) is 3. The van der Waals surface area contributed by atoms with Crippen molar-refractivity contribution in [2.75, 3.05) is 0 Å². The molecule has 1 aromatic heterocycles. The number of aliphatic hydroxyl groups is 1. The van der Waals surface area contributed by atoms with Gasteiger partial charge in [-0.15, -0.1) is 0 Å². The number of carbonyl (C=O) groups is 1. The van der Waals surface area contributed by atoms with Gasteiger partial charge in [0.15, 0.2) is 0 Å². The van der Waals surface area contributed by atoms with E-state index in [1.54, 1.807) is 0 Å². The van der Waals surface area contributed by atoms with Gasteiger partial charge in [-0.1, -0.05) is 6.58 Å². The fourth-order valence-corrected chi connectivity index (χ4v) is 1.16. The van der Waals surface area contributed by atoms with Crippen molar-refractivity contribution in [2.24, 2.45) is 0 Å². The van der Waals surface area contributed by atoms with E-state index in [4.69, 9.17) is 5.11 Å². The number of pyridine rings is 1. The summed E-state index contributed by atoms with van der Waals surface area (Å²) in [5.74, 6) is -1.59. The summed E-state index contributed by atoms with van der Waals surface area (Å²) in [6.07, 6.45) is -5.68. The number of aliphatic hydroxyl groups excluding tert-OH is 1. The Bertz CT molecular complexity index is 456. The predicted octanol–water partition coefficient (Wildman–Crippen LogP) is 1.77. The molecule has 1 aromatic rings. The lowest BCUT2D eigenvalue weighted by atomic mass is 10.0. The molecule has 1 atom stereocenters. The minimum Gasteiger partial charge on any atom is -0.478 e. The molecule has 0 aromatic carbocycles. The Hall–Kier alpha value is -1.89. The molecule has 0 radical (unpaired) electrons. The zero-order chi connectivity index (χ0) is 13.2. The lowest BCUT2D eigenvalue weighted by Crippen LogP contribution is -2.17. The number of halogens is 3. The maximum absolute atomic E-state index is 12.5. The van der Waals surface area contributed by atoms with Crippen LogP contribution >= 0.6 is 0 Å². The Morgan fingerprint density at radius 3 is 2.53 bits per heavy atom. The lowest BCUT2D eigenvalue weighted by Gasteiger charge is -2.15. The van der Waals surface area contributed by atoms with Crippen LogP contribution in [0.2, 0.25) is 0 Å². The third-order valence-electron chi connectivity index (χ3n) is 2.01. The second-order valence-corrected chi connectivity index (χ2v) is 3.17. The van der Waals surface area contributed by atoms with E-state index in [1.165, 1.54) is 0 Å². The van der Waals surface area contributed by atoms with E-state index in [-0.39, 0.29) is 0 Å². The van der Waals surface area contributed by atoms with Crippen molar-refractivity contribution in [3.8, 4) is 0 Å². The first-order valence-corrected chi connectivity index (χ1v) is 4.37. The van der Waals surface area contributed by atoms with Gasteiger partial charge >= 0.3 is 12.1 Å². The maximum atomic E-state index is 12.5. The van der Waals surface area contributed by atoms with Crippen molar-refractivity contribution in [3.05, 3.63) is 41.7 Å². The molecule has 0 aliphatic rings. The van der Waals surface area contributed by atoms with E-state index in [0.29, 0.717) is 6.07 Å². The van der Waals surface area contributed by atoms with Gasteiger partial charge in [0.25, 0.3) is 0 Å². The summed E-state index contributed by atoms with van der Waals surface area (Å²) in [5, 5.41) is 18.0. The van der Waals surface area contributed by atoms with Gasteiger partial charge in [-0.2, -0.15) is 13.2 Å². The number of alkyl halides is 3. The standard InChI is InChI=1S/C10H8F3NO3/c1-5(9(16)17)8(15)7-6(10(11,12)13)3-2-4-14-7/h2-4,8,15H,1H2,(H,16,17). The molecule has 7 heteroatoms. The number of nitrogens with zero attached hydrogens (tertiary/aromatic N) is 1. The van der Waals surface area contributed by atoms with Crippen molar-refractivity contribution in [1.29, 1.82) is 0 Å². The van der Waals surface area contributed by atoms with Crippen LogP contribution < -0.4 is 0 Å². The summed E-state index contributed by atoms with van der Waals surface area (Å²) >= 11 is 0. The number of aromatic nitrogens is 1. The number of aliphatic carboxylic acids is 1. The van der Waals surface area contributed by atoms with E-state index in [0.717, 1.165) is 12.3 Å². The number of carboxylic acid groups (broad SMARTS) is 1. The van der Waals surface area contributed by atoms with Crippen LogP contribution in [0, 0.1) is 0 Å². The summed E-state index contributed by atoms with van der Waals surface area (Å²) < 4.78 is 37.6. The second kappa shape index (κ2) is 4.54. The first-order valence-electron chi connectivity index (χ1n) is 4.37. The van der Waals surface area contributed by atoms with Crippen LogP contribution in [0.4, 0.5) is 13.2 Å².